The Kier molecular flexibility index (Phi) is 3.02. The Balaban J connectivity index is 0.000000396. The van der Waals surface area contributed by atoms with Crippen molar-refractivity contribution in [3.05, 3.63) is 42.0 Å². The fourth-order valence-corrected chi connectivity index (χ4v) is 1.42. The molecule has 0 radical (unpaired) electrons. The molecule has 1 aliphatic rings. The molecule has 1 heteroatoms. The van der Waals surface area contributed by atoms with Gasteiger partial charge in [-0.1, -0.05) is 44.7 Å². The Morgan fingerprint density at radius 3 is 2.23 bits per heavy atom. The Labute approximate surface area is 79.1 Å². The highest BCUT2D eigenvalue weighted by Gasteiger charge is 2.21. The molecule has 0 fully saturated rings. The van der Waals surface area contributed by atoms with E-state index in [1.54, 1.807) is 0 Å². The number of carbonyl (C=O) groups is 1. The first-order chi connectivity index (χ1) is 6.29. The van der Waals surface area contributed by atoms with Crippen molar-refractivity contribution in [2.24, 2.45) is 0 Å². The van der Waals surface area contributed by atoms with Crippen molar-refractivity contribution in [1.29, 1.82) is 0 Å². The maximum absolute atomic E-state index is 11.2. The molecule has 0 atom stereocenters. The topological polar surface area (TPSA) is 17.1 Å². The fraction of sp³-hybridized carbons (Fsp3) is 0.250. The van der Waals surface area contributed by atoms with Gasteiger partial charge in [0.2, 0.25) is 0 Å². The maximum Gasteiger partial charge on any atom is 0.167 e. The second-order valence-electron chi connectivity index (χ2n) is 2.75. The van der Waals surface area contributed by atoms with Crippen LogP contribution in [-0.4, -0.2) is 5.78 Å². The summed E-state index contributed by atoms with van der Waals surface area (Å²) in [5, 5.41) is 0. The van der Waals surface area contributed by atoms with Gasteiger partial charge in [-0.2, -0.15) is 0 Å². The number of ketones is 1. The number of rotatable bonds is 0. The van der Waals surface area contributed by atoms with Crippen LogP contribution in [-0.2, 0) is 0 Å². The molecule has 0 aromatic heterocycles. The van der Waals surface area contributed by atoms with Crippen LogP contribution in [0.3, 0.4) is 0 Å². The number of carbonyl (C=O) groups excluding carboxylic acids is 1. The van der Waals surface area contributed by atoms with Gasteiger partial charge in [0.25, 0.3) is 0 Å². The van der Waals surface area contributed by atoms with Crippen LogP contribution in [0.15, 0.2) is 30.8 Å². The van der Waals surface area contributed by atoms with Crippen molar-refractivity contribution < 1.29 is 4.79 Å². The quantitative estimate of drug-likeness (QED) is 0.589. The molecule has 0 saturated carbocycles. The first-order valence-corrected chi connectivity index (χ1v) is 4.59. The average Bonchev–Trinajstić information content (AvgIpc) is 2.47. The fourth-order valence-electron chi connectivity index (χ4n) is 1.42. The second kappa shape index (κ2) is 4.04. The zero-order chi connectivity index (χ0) is 9.84. The Bertz CT molecular complexity index is 304. The zero-order valence-corrected chi connectivity index (χ0v) is 8.13. The van der Waals surface area contributed by atoms with Crippen molar-refractivity contribution in [1.82, 2.24) is 0 Å². The molecule has 0 aliphatic heterocycles. The summed E-state index contributed by atoms with van der Waals surface area (Å²) in [4.78, 5) is 11.2. The standard InChI is InChI=1S/C10H8O.C2H6/c1-7-6-10(11)9-5-3-2-4-8(7)9;1-2/h2-5H,1,6H2;1-2H3. The summed E-state index contributed by atoms with van der Waals surface area (Å²) < 4.78 is 0. The minimum Gasteiger partial charge on any atom is -0.294 e. The highest BCUT2D eigenvalue weighted by molar-refractivity contribution is 6.11. The van der Waals surface area contributed by atoms with Gasteiger partial charge in [-0.05, 0) is 11.1 Å². The third-order valence-corrected chi connectivity index (χ3v) is 1.98. The summed E-state index contributed by atoms with van der Waals surface area (Å²) in [6, 6.07) is 7.62. The third-order valence-electron chi connectivity index (χ3n) is 1.98. The van der Waals surface area contributed by atoms with Gasteiger partial charge in [0.05, 0.1) is 0 Å². The molecule has 1 aliphatic carbocycles. The number of Topliss-reactive ketones (excluding diaryl/α,β-unsaturated/α-hetero) is 1. The first kappa shape index (κ1) is 9.72. The van der Waals surface area contributed by atoms with Crippen molar-refractivity contribution in [3.63, 3.8) is 0 Å². The van der Waals surface area contributed by atoms with Crippen molar-refractivity contribution in [2.75, 3.05) is 0 Å². The molecule has 0 N–H and O–H groups in total. The Morgan fingerprint density at radius 1 is 1.15 bits per heavy atom. The maximum atomic E-state index is 11.2. The van der Waals surface area contributed by atoms with Crippen LogP contribution in [0.4, 0.5) is 0 Å². The largest absolute Gasteiger partial charge is 0.294 e. The molecule has 0 unspecified atom stereocenters. The normalized spacial score (nSPS) is 13.4. The minimum absolute atomic E-state index is 0.200. The van der Waals surface area contributed by atoms with Crippen molar-refractivity contribution in [2.45, 2.75) is 20.3 Å². The predicted molar refractivity (Wildman–Crippen MR) is 55.8 cm³/mol. The molecule has 13 heavy (non-hydrogen) atoms. The average molecular weight is 174 g/mol. The van der Waals surface area contributed by atoms with Gasteiger partial charge in [0.15, 0.2) is 5.78 Å². The molecule has 1 aromatic carbocycles. The predicted octanol–water partition coefficient (Wildman–Crippen LogP) is 3.31. The molecule has 68 valence electrons. The number of allylic oxidation sites excluding steroid dienone is 1. The lowest BCUT2D eigenvalue weighted by atomic mass is 10.1. The monoisotopic (exact) mass is 174 g/mol. The molecule has 0 amide bonds. The number of hydrogen-bond donors (Lipinski definition) is 0. The van der Waals surface area contributed by atoms with Crippen LogP contribution in [0.1, 0.15) is 36.2 Å². The van der Waals surface area contributed by atoms with E-state index in [-0.39, 0.29) is 5.78 Å². The molecule has 0 saturated heterocycles. The van der Waals surface area contributed by atoms with E-state index in [0.717, 1.165) is 16.7 Å². The van der Waals surface area contributed by atoms with Gasteiger partial charge in [-0.3, -0.25) is 4.79 Å². The summed E-state index contributed by atoms with van der Waals surface area (Å²) in [6.07, 6.45) is 0.499. The van der Waals surface area contributed by atoms with Gasteiger partial charge in [0, 0.05) is 12.0 Å². The summed E-state index contributed by atoms with van der Waals surface area (Å²) >= 11 is 0. The molecule has 1 aromatic rings. The van der Waals surface area contributed by atoms with E-state index in [9.17, 15) is 4.79 Å². The molecule has 0 bridgehead atoms. The summed E-state index contributed by atoms with van der Waals surface area (Å²) in [6.45, 7) is 7.83. The highest BCUT2D eigenvalue weighted by Crippen LogP contribution is 2.29. The van der Waals surface area contributed by atoms with Crippen LogP contribution >= 0.6 is 0 Å². The van der Waals surface area contributed by atoms with Crippen LogP contribution < -0.4 is 0 Å². The van der Waals surface area contributed by atoms with Crippen LogP contribution in [0, 0.1) is 0 Å². The SMILES string of the molecule is C=C1CC(=O)c2ccccc21.CC. The van der Waals surface area contributed by atoms with E-state index in [0.29, 0.717) is 6.42 Å². The number of fused-ring (bicyclic) bond motifs is 1. The number of hydrogen-bond acceptors (Lipinski definition) is 1. The number of benzene rings is 1. The molecular weight excluding hydrogens is 160 g/mol. The lowest BCUT2D eigenvalue weighted by Gasteiger charge is -1.94. The van der Waals surface area contributed by atoms with Crippen molar-refractivity contribution >= 4 is 11.4 Å². The second-order valence-corrected chi connectivity index (χ2v) is 2.75. The molecule has 1 nitrogen and oxygen atoms in total. The van der Waals surface area contributed by atoms with Gasteiger partial charge < -0.3 is 0 Å². The van der Waals surface area contributed by atoms with Gasteiger partial charge >= 0.3 is 0 Å². The van der Waals surface area contributed by atoms with Crippen LogP contribution in [0.5, 0.6) is 0 Å². The van der Waals surface area contributed by atoms with Crippen molar-refractivity contribution in [3.8, 4) is 0 Å². The molecular formula is C12H14O. The Hall–Kier alpha value is -1.37. The highest BCUT2D eigenvalue weighted by atomic mass is 16.1. The van der Waals surface area contributed by atoms with Gasteiger partial charge in [0.1, 0.15) is 0 Å². The Morgan fingerprint density at radius 2 is 1.69 bits per heavy atom. The summed E-state index contributed by atoms with van der Waals surface area (Å²) in [5.41, 5.74) is 2.81. The molecule has 2 rings (SSSR count). The van der Waals surface area contributed by atoms with Gasteiger partial charge in [-0.15, -0.1) is 0 Å². The minimum atomic E-state index is 0.200. The van der Waals surface area contributed by atoms with Gasteiger partial charge in [-0.25, -0.2) is 0 Å². The van der Waals surface area contributed by atoms with E-state index in [4.69, 9.17) is 0 Å². The van der Waals surface area contributed by atoms with E-state index in [2.05, 4.69) is 6.58 Å². The van der Waals surface area contributed by atoms with E-state index in [1.807, 2.05) is 38.1 Å². The smallest absolute Gasteiger partial charge is 0.167 e. The lowest BCUT2D eigenvalue weighted by Crippen LogP contribution is -1.88. The zero-order valence-electron chi connectivity index (χ0n) is 8.13. The van der Waals surface area contributed by atoms with Crippen LogP contribution in [0.2, 0.25) is 0 Å². The summed E-state index contributed by atoms with van der Waals surface area (Å²) in [7, 11) is 0. The first-order valence-electron chi connectivity index (χ1n) is 4.59. The third kappa shape index (κ3) is 1.69. The van der Waals surface area contributed by atoms with E-state index in [1.165, 1.54) is 0 Å². The summed E-state index contributed by atoms with van der Waals surface area (Å²) in [5.74, 6) is 0.200. The molecule has 0 heterocycles. The van der Waals surface area contributed by atoms with Crippen LogP contribution in [0.25, 0.3) is 5.57 Å². The lowest BCUT2D eigenvalue weighted by molar-refractivity contribution is 0.100. The van der Waals surface area contributed by atoms with E-state index < -0.39 is 0 Å². The molecule has 0 spiro atoms. The van der Waals surface area contributed by atoms with E-state index >= 15 is 0 Å².